The average molecular weight is 296 g/mol. The zero-order chi connectivity index (χ0) is 15.6. The van der Waals surface area contributed by atoms with Crippen LogP contribution in [0, 0.1) is 11.8 Å². The minimum Gasteiger partial charge on any atom is -0.480 e. The van der Waals surface area contributed by atoms with Crippen LogP contribution in [0.15, 0.2) is 0 Å². The summed E-state index contributed by atoms with van der Waals surface area (Å²) in [4.78, 5) is 27.6. The molecule has 1 saturated carbocycles. The Balaban J connectivity index is 2.07. The Hall–Kier alpha value is -1.26. The van der Waals surface area contributed by atoms with Gasteiger partial charge in [-0.05, 0) is 37.5 Å². The third-order valence-corrected chi connectivity index (χ3v) is 5.26. The molecule has 1 saturated heterocycles. The minimum atomic E-state index is -0.875. The van der Waals surface area contributed by atoms with Crippen LogP contribution in [0.25, 0.3) is 0 Å². The molecule has 1 aliphatic carbocycles. The molecule has 5 nitrogen and oxygen atoms in total. The van der Waals surface area contributed by atoms with Gasteiger partial charge in [0.1, 0.15) is 6.04 Å². The van der Waals surface area contributed by atoms with Crippen molar-refractivity contribution < 1.29 is 14.7 Å². The highest BCUT2D eigenvalue weighted by molar-refractivity contribution is 5.83. The molecule has 0 radical (unpaired) electrons. The van der Waals surface area contributed by atoms with Crippen LogP contribution in [-0.2, 0) is 4.79 Å². The second-order valence-electron chi connectivity index (χ2n) is 6.90. The number of hydrogen-bond acceptors (Lipinski definition) is 2. The topological polar surface area (TPSA) is 60.9 Å². The number of carboxylic acids is 1. The van der Waals surface area contributed by atoms with Gasteiger partial charge < -0.3 is 14.9 Å². The van der Waals surface area contributed by atoms with Crippen LogP contribution in [0.2, 0.25) is 0 Å². The van der Waals surface area contributed by atoms with Gasteiger partial charge in [0.05, 0.1) is 0 Å². The smallest absolute Gasteiger partial charge is 0.326 e. The number of carbonyl (C=O) groups is 2. The Morgan fingerprint density at radius 1 is 1.14 bits per heavy atom. The fourth-order valence-electron chi connectivity index (χ4n) is 3.82. The van der Waals surface area contributed by atoms with Crippen LogP contribution in [0.4, 0.5) is 4.79 Å². The Kier molecular flexibility index (Phi) is 5.12. The highest BCUT2D eigenvalue weighted by atomic mass is 16.4. The van der Waals surface area contributed by atoms with Crippen molar-refractivity contribution in [2.75, 3.05) is 13.6 Å². The molecule has 2 fully saturated rings. The standard InChI is InChI=1S/C16H28N2O3/c1-11-8-9-18(14(10-11)15(19)20)16(21)17(3)13-7-5-4-6-12(13)2/h11-14H,4-10H2,1-3H3,(H,19,20). The van der Waals surface area contributed by atoms with Crippen molar-refractivity contribution in [1.29, 1.82) is 0 Å². The molecule has 0 aromatic heterocycles. The molecule has 0 bridgehead atoms. The molecule has 2 rings (SSSR count). The predicted molar refractivity (Wildman–Crippen MR) is 81.1 cm³/mol. The number of rotatable bonds is 2. The molecular formula is C16H28N2O3. The van der Waals surface area contributed by atoms with E-state index in [0.717, 1.165) is 25.7 Å². The van der Waals surface area contributed by atoms with E-state index in [2.05, 4.69) is 13.8 Å². The second-order valence-corrected chi connectivity index (χ2v) is 6.90. The fourth-order valence-corrected chi connectivity index (χ4v) is 3.82. The number of likely N-dealkylation sites (tertiary alicyclic amines) is 1. The van der Waals surface area contributed by atoms with E-state index in [-0.39, 0.29) is 12.1 Å². The number of piperidine rings is 1. The lowest BCUT2D eigenvalue weighted by Crippen LogP contribution is -2.56. The third-order valence-electron chi connectivity index (χ3n) is 5.26. The van der Waals surface area contributed by atoms with Gasteiger partial charge in [-0.2, -0.15) is 0 Å². The summed E-state index contributed by atoms with van der Waals surface area (Å²) in [6.45, 7) is 4.81. The van der Waals surface area contributed by atoms with Crippen molar-refractivity contribution in [1.82, 2.24) is 9.80 Å². The number of hydrogen-bond donors (Lipinski definition) is 1. The molecule has 1 aliphatic heterocycles. The molecule has 0 aromatic rings. The number of urea groups is 1. The first-order valence-corrected chi connectivity index (χ1v) is 8.18. The largest absolute Gasteiger partial charge is 0.480 e. The summed E-state index contributed by atoms with van der Waals surface area (Å²) in [6, 6.07) is -0.518. The maximum atomic E-state index is 12.8. The SMILES string of the molecule is CC1CCN(C(=O)N(C)C2CCCCC2C)C(C(=O)O)C1. The maximum absolute atomic E-state index is 12.8. The molecule has 4 atom stereocenters. The number of aliphatic carboxylic acids is 1. The first kappa shape index (κ1) is 16.1. The lowest BCUT2D eigenvalue weighted by Gasteiger charge is -2.42. The molecule has 1 N–H and O–H groups in total. The molecule has 0 aromatic carbocycles. The lowest BCUT2D eigenvalue weighted by atomic mass is 9.85. The van der Waals surface area contributed by atoms with E-state index in [1.807, 2.05) is 7.05 Å². The van der Waals surface area contributed by atoms with Crippen LogP contribution >= 0.6 is 0 Å². The van der Waals surface area contributed by atoms with E-state index in [1.165, 1.54) is 6.42 Å². The van der Waals surface area contributed by atoms with E-state index >= 15 is 0 Å². The maximum Gasteiger partial charge on any atom is 0.326 e. The van der Waals surface area contributed by atoms with E-state index in [1.54, 1.807) is 9.80 Å². The summed E-state index contributed by atoms with van der Waals surface area (Å²) in [5, 5.41) is 9.41. The molecule has 0 spiro atoms. The number of amides is 2. The highest BCUT2D eigenvalue weighted by Gasteiger charge is 2.38. The van der Waals surface area contributed by atoms with Crippen molar-refractivity contribution in [3.8, 4) is 0 Å². The third kappa shape index (κ3) is 3.50. The van der Waals surface area contributed by atoms with Crippen LogP contribution in [0.5, 0.6) is 0 Å². The first-order valence-electron chi connectivity index (χ1n) is 8.18. The van der Waals surface area contributed by atoms with E-state index in [4.69, 9.17) is 0 Å². The monoisotopic (exact) mass is 296 g/mol. The molecule has 1 heterocycles. The Morgan fingerprint density at radius 3 is 2.43 bits per heavy atom. The van der Waals surface area contributed by atoms with Crippen molar-refractivity contribution in [2.24, 2.45) is 11.8 Å². The summed E-state index contributed by atoms with van der Waals surface area (Å²) < 4.78 is 0. The van der Waals surface area contributed by atoms with Crippen molar-refractivity contribution in [3.05, 3.63) is 0 Å². The number of carboxylic acid groups (broad SMARTS) is 1. The Labute approximate surface area is 127 Å². The highest BCUT2D eigenvalue weighted by Crippen LogP contribution is 2.30. The van der Waals surface area contributed by atoms with Crippen LogP contribution < -0.4 is 0 Å². The van der Waals surface area contributed by atoms with Gasteiger partial charge in [-0.15, -0.1) is 0 Å². The Bertz CT molecular complexity index is 399. The molecule has 4 unspecified atom stereocenters. The fraction of sp³-hybridized carbons (Fsp3) is 0.875. The van der Waals surface area contributed by atoms with Crippen molar-refractivity contribution in [3.63, 3.8) is 0 Å². The van der Waals surface area contributed by atoms with Crippen LogP contribution in [-0.4, -0.2) is 52.6 Å². The van der Waals surface area contributed by atoms with Gasteiger partial charge >= 0.3 is 12.0 Å². The molecule has 120 valence electrons. The second kappa shape index (κ2) is 6.67. The normalized spacial score (nSPS) is 33.6. The van der Waals surface area contributed by atoms with Gasteiger partial charge in [0, 0.05) is 19.6 Å². The Morgan fingerprint density at radius 2 is 1.81 bits per heavy atom. The van der Waals surface area contributed by atoms with Crippen LogP contribution in [0.3, 0.4) is 0 Å². The van der Waals surface area contributed by atoms with E-state index < -0.39 is 12.0 Å². The minimum absolute atomic E-state index is 0.104. The summed E-state index contributed by atoms with van der Waals surface area (Å²) in [5.74, 6) is -0.00579. The van der Waals surface area contributed by atoms with Gasteiger partial charge in [0.15, 0.2) is 0 Å². The first-order chi connectivity index (χ1) is 9.91. The number of nitrogens with zero attached hydrogens (tertiary/aromatic N) is 2. The van der Waals surface area contributed by atoms with Crippen molar-refractivity contribution >= 4 is 12.0 Å². The van der Waals surface area contributed by atoms with E-state index in [9.17, 15) is 14.7 Å². The van der Waals surface area contributed by atoms with Crippen molar-refractivity contribution in [2.45, 2.75) is 64.5 Å². The summed E-state index contributed by atoms with van der Waals surface area (Å²) >= 11 is 0. The molecule has 21 heavy (non-hydrogen) atoms. The molecule has 5 heteroatoms. The summed E-state index contributed by atoms with van der Waals surface area (Å²) in [7, 11) is 1.84. The van der Waals surface area contributed by atoms with Gasteiger partial charge in [-0.1, -0.05) is 26.7 Å². The zero-order valence-electron chi connectivity index (χ0n) is 13.4. The zero-order valence-corrected chi connectivity index (χ0v) is 13.4. The van der Waals surface area contributed by atoms with Gasteiger partial charge in [-0.25, -0.2) is 9.59 Å². The molecule has 2 amide bonds. The van der Waals surface area contributed by atoms with Gasteiger partial charge in [0.25, 0.3) is 0 Å². The van der Waals surface area contributed by atoms with Gasteiger partial charge in [0.2, 0.25) is 0 Å². The summed E-state index contributed by atoms with van der Waals surface area (Å²) in [5.41, 5.74) is 0. The average Bonchev–Trinajstić information content (AvgIpc) is 2.46. The molecular weight excluding hydrogens is 268 g/mol. The number of carbonyl (C=O) groups excluding carboxylic acids is 1. The lowest BCUT2D eigenvalue weighted by molar-refractivity contribution is -0.144. The molecule has 2 aliphatic rings. The van der Waals surface area contributed by atoms with Gasteiger partial charge in [-0.3, -0.25) is 0 Å². The van der Waals surface area contributed by atoms with Crippen LogP contribution in [0.1, 0.15) is 52.4 Å². The predicted octanol–water partition coefficient (Wildman–Crippen LogP) is 2.80. The summed E-state index contributed by atoms with van der Waals surface area (Å²) in [6.07, 6.45) is 6.04. The van der Waals surface area contributed by atoms with E-state index in [0.29, 0.717) is 24.8 Å². The quantitative estimate of drug-likeness (QED) is 0.852.